The minimum atomic E-state index is 0.760. The Hall–Kier alpha value is -2.75. The van der Waals surface area contributed by atoms with E-state index in [0.717, 1.165) is 45.0 Å². The second-order valence-electron chi connectivity index (χ2n) is 5.23. The molecule has 0 bridgehead atoms. The molecule has 0 fully saturated rings. The molecule has 0 aliphatic heterocycles. The van der Waals surface area contributed by atoms with E-state index in [4.69, 9.17) is 19.2 Å². The van der Waals surface area contributed by atoms with Crippen molar-refractivity contribution in [3.05, 3.63) is 48.0 Å². The monoisotopic (exact) mass is 309 g/mol. The Bertz CT molecular complexity index is 833. The lowest BCUT2D eigenvalue weighted by atomic mass is 10.1. The summed E-state index contributed by atoms with van der Waals surface area (Å²) in [5, 5.41) is 1.04. The molecule has 0 atom stereocenters. The van der Waals surface area contributed by atoms with E-state index in [9.17, 15) is 0 Å². The standard InChI is InChI=1S/C19H19NO3/c1-12-17(22-3)10-14(11-18(12)23-4)15-9-8-13-6-5-7-16(21-2)19(13)20-15/h5-11H,1-4H3. The molecule has 2 aromatic carbocycles. The normalized spacial score (nSPS) is 10.6. The first-order valence-corrected chi connectivity index (χ1v) is 7.34. The fraction of sp³-hybridized carbons (Fsp3) is 0.211. The van der Waals surface area contributed by atoms with Gasteiger partial charge in [-0.2, -0.15) is 0 Å². The number of methoxy groups -OCH3 is 3. The van der Waals surface area contributed by atoms with Crippen LogP contribution in [0.15, 0.2) is 42.5 Å². The van der Waals surface area contributed by atoms with Gasteiger partial charge in [-0.15, -0.1) is 0 Å². The first kappa shape index (κ1) is 15.2. The van der Waals surface area contributed by atoms with Crippen LogP contribution in [-0.2, 0) is 0 Å². The van der Waals surface area contributed by atoms with Crippen molar-refractivity contribution in [3.8, 4) is 28.5 Å². The van der Waals surface area contributed by atoms with E-state index < -0.39 is 0 Å². The zero-order chi connectivity index (χ0) is 16.4. The smallest absolute Gasteiger partial charge is 0.145 e. The first-order valence-electron chi connectivity index (χ1n) is 7.34. The zero-order valence-corrected chi connectivity index (χ0v) is 13.7. The quantitative estimate of drug-likeness (QED) is 0.723. The fourth-order valence-corrected chi connectivity index (χ4v) is 2.68. The molecule has 4 heteroatoms. The highest BCUT2D eigenvalue weighted by molar-refractivity contribution is 5.87. The third kappa shape index (κ3) is 2.68. The Morgan fingerprint density at radius 1 is 0.783 bits per heavy atom. The van der Waals surface area contributed by atoms with Gasteiger partial charge in [0.25, 0.3) is 0 Å². The number of benzene rings is 2. The Morgan fingerprint density at radius 2 is 1.43 bits per heavy atom. The molecular formula is C19H19NO3. The van der Waals surface area contributed by atoms with Crippen LogP contribution in [0, 0.1) is 6.92 Å². The lowest BCUT2D eigenvalue weighted by Gasteiger charge is -2.13. The van der Waals surface area contributed by atoms with E-state index in [0.29, 0.717) is 0 Å². The van der Waals surface area contributed by atoms with Gasteiger partial charge in [0.05, 0.1) is 27.0 Å². The lowest BCUT2D eigenvalue weighted by molar-refractivity contribution is 0.389. The predicted molar refractivity (Wildman–Crippen MR) is 91.6 cm³/mol. The van der Waals surface area contributed by atoms with Crippen LogP contribution in [0.3, 0.4) is 0 Å². The van der Waals surface area contributed by atoms with Crippen molar-refractivity contribution in [2.75, 3.05) is 21.3 Å². The van der Waals surface area contributed by atoms with Gasteiger partial charge in [0.15, 0.2) is 0 Å². The van der Waals surface area contributed by atoms with Gasteiger partial charge in [-0.3, -0.25) is 0 Å². The highest BCUT2D eigenvalue weighted by Gasteiger charge is 2.12. The summed E-state index contributed by atoms with van der Waals surface area (Å²) in [6.45, 7) is 1.97. The summed E-state index contributed by atoms with van der Waals surface area (Å²) in [6, 6.07) is 13.9. The summed E-state index contributed by atoms with van der Waals surface area (Å²) in [5.41, 5.74) is 3.60. The summed E-state index contributed by atoms with van der Waals surface area (Å²) in [7, 11) is 4.96. The molecular weight excluding hydrogens is 290 g/mol. The largest absolute Gasteiger partial charge is 0.496 e. The molecule has 0 amide bonds. The van der Waals surface area contributed by atoms with Gasteiger partial charge >= 0.3 is 0 Å². The van der Waals surface area contributed by atoms with Crippen LogP contribution in [0.2, 0.25) is 0 Å². The number of ether oxygens (including phenoxy) is 3. The zero-order valence-electron chi connectivity index (χ0n) is 13.7. The number of aromatic nitrogens is 1. The number of para-hydroxylation sites is 1. The van der Waals surface area contributed by atoms with E-state index in [1.165, 1.54) is 0 Å². The molecule has 0 unspecified atom stereocenters. The van der Waals surface area contributed by atoms with Gasteiger partial charge in [-0.1, -0.05) is 18.2 Å². The van der Waals surface area contributed by atoms with Crippen molar-refractivity contribution in [1.82, 2.24) is 4.98 Å². The Balaban J connectivity index is 2.20. The molecule has 0 aliphatic rings. The second kappa shape index (κ2) is 6.16. The molecule has 118 valence electrons. The fourth-order valence-electron chi connectivity index (χ4n) is 2.68. The van der Waals surface area contributed by atoms with Gasteiger partial charge in [0, 0.05) is 16.5 Å². The highest BCUT2D eigenvalue weighted by atomic mass is 16.5. The predicted octanol–water partition coefficient (Wildman–Crippen LogP) is 4.24. The number of hydrogen-bond acceptors (Lipinski definition) is 4. The molecule has 1 aromatic heterocycles. The van der Waals surface area contributed by atoms with Crippen LogP contribution >= 0.6 is 0 Å². The van der Waals surface area contributed by atoms with Crippen LogP contribution in [0.1, 0.15) is 5.56 Å². The summed E-state index contributed by atoms with van der Waals surface area (Å²) in [5.74, 6) is 2.32. The van der Waals surface area contributed by atoms with E-state index in [1.54, 1.807) is 21.3 Å². The Labute approximate surface area is 135 Å². The minimum absolute atomic E-state index is 0.760. The third-order valence-corrected chi connectivity index (χ3v) is 3.95. The summed E-state index contributed by atoms with van der Waals surface area (Å²) < 4.78 is 16.3. The maximum absolute atomic E-state index is 5.45. The first-order chi connectivity index (χ1) is 11.2. The maximum Gasteiger partial charge on any atom is 0.145 e. The van der Waals surface area contributed by atoms with E-state index in [2.05, 4.69) is 0 Å². The highest BCUT2D eigenvalue weighted by Crippen LogP contribution is 2.35. The topological polar surface area (TPSA) is 40.6 Å². The number of hydrogen-bond donors (Lipinski definition) is 0. The summed E-state index contributed by atoms with van der Waals surface area (Å²) >= 11 is 0. The molecule has 3 rings (SSSR count). The Kier molecular flexibility index (Phi) is 4.06. The molecule has 0 radical (unpaired) electrons. The molecule has 0 saturated carbocycles. The van der Waals surface area contributed by atoms with Gasteiger partial charge in [-0.05, 0) is 31.2 Å². The SMILES string of the molecule is COc1cc(-c2ccc3cccc(OC)c3n2)cc(OC)c1C. The molecule has 0 aliphatic carbocycles. The average molecular weight is 309 g/mol. The van der Waals surface area contributed by atoms with Crippen molar-refractivity contribution >= 4 is 10.9 Å². The maximum atomic E-state index is 5.45. The molecule has 4 nitrogen and oxygen atoms in total. The lowest BCUT2D eigenvalue weighted by Crippen LogP contribution is -1.95. The molecule has 0 N–H and O–H groups in total. The third-order valence-electron chi connectivity index (χ3n) is 3.95. The van der Waals surface area contributed by atoms with Crippen molar-refractivity contribution in [2.24, 2.45) is 0 Å². The van der Waals surface area contributed by atoms with Crippen LogP contribution < -0.4 is 14.2 Å². The van der Waals surface area contributed by atoms with Crippen LogP contribution in [-0.4, -0.2) is 26.3 Å². The number of rotatable bonds is 4. The van der Waals surface area contributed by atoms with Crippen molar-refractivity contribution in [1.29, 1.82) is 0 Å². The molecule has 1 heterocycles. The van der Waals surface area contributed by atoms with Crippen molar-refractivity contribution in [3.63, 3.8) is 0 Å². The van der Waals surface area contributed by atoms with Crippen molar-refractivity contribution in [2.45, 2.75) is 6.92 Å². The van der Waals surface area contributed by atoms with Gasteiger partial charge < -0.3 is 14.2 Å². The van der Waals surface area contributed by atoms with Crippen LogP contribution in [0.4, 0.5) is 0 Å². The number of pyridine rings is 1. The minimum Gasteiger partial charge on any atom is -0.496 e. The average Bonchev–Trinajstić information content (AvgIpc) is 2.60. The van der Waals surface area contributed by atoms with E-state index >= 15 is 0 Å². The van der Waals surface area contributed by atoms with E-state index in [-0.39, 0.29) is 0 Å². The van der Waals surface area contributed by atoms with Crippen LogP contribution in [0.5, 0.6) is 17.2 Å². The molecule has 3 aromatic rings. The second-order valence-corrected chi connectivity index (χ2v) is 5.23. The molecule has 23 heavy (non-hydrogen) atoms. The Morgan fingerprint density at radius 3 is 2.04 bits per heavy atom. The number of nitrogens with zero attached hydrogens (tertiary/aromatic N) is 1. The molecule has 0 saturated heterocycles. The number of fused-ring (bicyclic) bond motifs is 1. The van der Waals surface area contributed by atoms with Gasteiger partial charge in [0.2, 0.25) is 0 Å². The van der Waals surface area contributed by atoms with Crippen LogP contribution in [0.25, 0.3) is 22.2 Å². The van der Waals surface area contributed by atoms with E-state index in [1.807, 2.05) is 49.4 Å². The summed E-state index contributed by atoms with van der Waals surface area (Å²) in [4.78, 5) is 4.76. The molecule has 0 spiro atoms. The van der Waals surface area contributed by atoms with Crippen molar-refractivity contribution < 1.29 is 14.2 Å². The summed E-state index contributed by atoms with van der Waals surface area (Å²) in [6.07, 6.45) is 0. The van der Waals surface area contributed by atoms with Gasteiger partial charge in [-0.25, -0.2) is 4.98 Å². The van der Waals surface area contributed by atoms with Gasteiger partial charge in [0.1, 0.15) is 22.8 Å².